The number of non-ortho nitro benzene ring substituents is 1. The summed E-state index contributed by atoms with van der Waals surface area (Å²) in [5.74, 6) is 0. The van der Waals surface area contributed by atoms with Crippen molar-refractivity contribution in [3.8, 4) is 11.1 Å². The molecule has 0 unspecified atom stereocenters. The average molecular weight is 258 g/mol. The first-order chi connectivity index (χ1) is 9.02. The molecule has 1 aromatic heterocycles. The molecule has 2 aromatic rings. The van der Waals surface area contributed by atoms with Crippen molar-refractivity contribution in [3.05, 3.63) is 51.8 Å². The summed E-state index contributed by atoms with van der Waals surface area (Å²) in [6.45, 7) is 7.15. The van der Waals surface area contributed by atoms with Gasteiger partial charge in [-0.05, 0) is 37.5 Å². The van der Waals surface area contributed by atoms with Crippen LogP contribution >= 0.6 is 0 Å². The summed E-state index contributed by atoms with van der Waals surface area (Å²) in [4.78, 5) is 10.5. The van der Waals surface area contributed by atoms with Crippen molar-refractivity contribution in [2.45, 2.75) is 33.7 Å². The normalized spacial score (nSPS) is 10.7. The van der Waals surface area contributed by atoms with E-state index in [-0.39, 0.29) is 10.6 Å². The van der Waals surface area contributed by atoms with E-state index in [2.05, 4.69) is 30.7 Å². The van der Waals surface area contributed by atoms with Gasteiger partial charge in [0.2, 0.25) is 0 Å². The molecule has 0 spiro atoms. The first kappa shape index (κ1) is 13.3. The molecule has 0 radical (unpaired) electrons. The molecule has 0 saturated carbocycles. The Kier molecular flexibility index (Phi) is 3.69. The van der Waals surface area contributed by atoms with E-state index in [1.165, 1.54) is 5.69 Å². The molecule has 0 aliphatic heterocycles. The molecular weight excluding hydrogens is 240 g/mol. The number of nitro groups is 1. The van der Waals surface area contributed by atoms with Crippen LogP contribution in [0.3, 0.4) is 0 Å². The van der Waals surface area contributed by atoms with E-state index in [0.29, 0.717) is 0 Å². The first-order valence-electron chi connectivity index (χ1n) is 6.45. The third-order valence-corrected chi connectivity index (χ3v) is 3.32. The Labute approximate surface area is 112 Å². The van der Waals surface area contributed by atoms with Gasteiger partial charge in [-0.2, -0.15) is 0 Å². The number of aryl methyl sites for hydroxylation is 3. The maximum absolute atomic E-state index is 10.9. The van der Waals surface area contributed by atoms with Gasteiger partial charge in [-0.15, -0.1) is 0 Å². The van der Waals surface area contributed by atoms with E-state index < -0.39 is 0 Å². The lowest BCUT2D eigenvalue weighted by molar-refractivity contribution is -0.384. The van der Waals surface area contributed by atoms with Gasteiger partial charge in [0.15, 0.2) is 0 Å². The fraction of sp³-hybridized carbons (Fsp3) is 0.333. The molecule has 0 aliphatic rings. The monoisotopic (exact) mass is 258 g/mol. The summed E-state index contributed by atoms with van der Waals surface area (Å²) in [6, 6.07) is 7.09. The summed E-state index contributed by atoms with van der Waals surface area (Å²) >= 11 is 0. The first-order valence-corrected chi connectivity index (χ1v) is 6.45. The molecule has 4 nitrogen and oxygen atoms in total. The molecule has 1 aromatic carbocycles. The number of hydrogen-bond acceptors (Lipinski definition) is 2. The van der Waals surface area contributed by atoms with Gasteiger partial charge in [-0.3, -0.25) is 10.1 Å². The third kappa shape index (κ3) is 2.67. The second-order valence-electron chi connectivity index (χ2n) is 4.82. The quantitative estimate of drug-likeness (QED) is 0.612. The van der Waals surface area contributed by atoms with Gasteiger partial charge in [0.1, 0.15) is 0 Å². The van der Waals surface area contributed by atoms with E-state index >= 15 is 0 Å². The van der Waals surface area contributed by atoms with Crippen LogP contribution in [0.4, 0.5) is 5.69 Å². The summed E-state index contributed by atoms with van der Waals surface area (Å²) < 4.78 is 2.19. The highest BCUT2D eigenvalue weighted by atomic mass is 16.6. The van der Waals surface area contributed by atoms with Gasteiger partial charge in [-0.25, -0.2) is 0 Å². The fourth-order valence-electron chi connectivity index (χ4n) is 2.28. The second kappa shape index (κ2) is 5.26. The largest absolute Gasteiger partial charge is 0.351 e. The fourth-order valence-corrected chi connectivity index (χ4v) is 2.28. The zero-order valence-electron chi connectivity index (χ0n) is 11.5. The Balaban J connectivity index is 2.48. The Hall–Kier alpha value is -2.10. The highest BCUT2D eigenvalue weighted by Crippen LogP contribution is 2.29. The van der Waals surface area contributed by atoms with Crippen molar-refractivity contribution >= 4 is 5.69 Å². The van der Waals surface area contributed by atoms with Gasteiger partial charge in [0, 0.05) is 36.1 Å². The Bertz CT molecular complexity index is 615. The molecule has 0 fully saturated rings. The number of benzene rings is 1. The highest BCUT2D eigenvalue weighted by molar-refractivity contribution is 5.70. The maximum Gasteiger partial charge on any atom is 0.270 e. The lowest BCUT2D eigenvalue weighted by atomic mass is 10.0. The Morgan fingerprint density at radius 2 is 2.00 bits per heavy atom. The average Bonchev–Trinajstić information content (AvgIpc) is 2.71. The zero-order chi connectivity index (χ0) is 14.0. The van der Waals surface area contributed by atoms with Crippen molar-refractivity contribution in [1.82, 2.24) is 4.57 Å². The van der Waals surface area contributed by atoms with Crippen molar-refractivity contribution in [3.63, 3.8) is 0 Å². The van der Waals surface area contributed by atoms with Gasteiger partial charge in [0.05, 0.1) is 4.92 Å². The van der Waals surface area contributed by atoms with Crippen LogP contribution in [0.15, 0.2) is 30.5 Å². The molecular formula is C15H18N2O2. The van der Waals surface area contributed by atoms with E-state index in [9.17, 15) is 10.1 Å². The molecule has 0 atom stereocenters. The van der Waals surface area contributed by atoms with Gasteiger partial charge < -0.3 is 4.57 Å². The predicted molar refractivity (Wildman–Crippen MR) is 76.3 cm³/mol. The molecule has 0 saturated heterocycles. The van der Waals surface area contributed by atoms with E-state index in [1.54, 1.807) is 18.2 Å². The van der Waals surface area contributed by atoms with Crippen molar-refractivity contribution < 1.29 is 4.92 Å². The SMILES string of the molecule is CCCn1cc(-c2cc([N+](=O)[O-])ccc2C)cc1C. The van der Waals surface area contributed by atoms with Crippen LogP contribution in [0, 0.1) is 24.0 Å². The minimum absolute atomic E-state index is 0.140. The minimum atomic E-state index is -0.348. The number of rotatable bonds is 4. The number of hydrogen-bond donors (Lipinski definition) is 0. The van der Waals surface area contributed by atoms with E-state index in [4.69, 9.17) is 0 Å². The molecule has 0 aliphatic carbocycles. The summed E-state index contributed by atoms with van der Waals surface area (Å²) in [6.07, 6.45) is 3.15. The van der Waals surface area contributed by atoms with Gasteiger partial charge in [-0.1, -0.05) is 13.0 Å². The highest BCUT2D eigenvalue weighted by Gasteiger charge is 2.12. The standard InChI is InChI=1S/C15H18N2O2/c1-4-7-16-10-13(8-12(16)3)15-9-14(17(18)19)6-5-11(15)2/h5-6,8-10H,4,7H2,1-3H3. The van der Waals surface area contributed by atoms with Gasteiger partial charge in [0.25, 0.3) is 5.69 Å². The van der Waals surface area contributed by atoms with Crippen LogP contribution < -0.4 is 0 Å². The van der Waals surface area contributed by atoms with Crippen LogP contribution in [0.25, 0.3) is 11.1 Å². The predicted octanol–water partition coefficient (Wildman–Crippen LogP) is 4.09. The number of aromatic nitrogens is 1. The van der Waals surface area contributed by atoms with Crippen molar-refractivity contribution in [2.24, 2.45) is 0 Å². The summed E-state index contributed by atoms with van der Waals surface area (Å²) in [5.41, 5.74) is 4.36. The second-order valence-corrected chi connectivity index (χ2v) is 4.82. The molecule has 0 bridgehead atoms. The number of nitro benzene ring substituents is 1. The van der Waals surface area contributed by atoms with Crippen LogP contribution in [-0.2, 0) is 6.54 Å². The molecule has 1 heterocycles. The summed E-state index contributed by atoms with van der Waals surface area (Å²) in [7, 11) is 0. The van der Waals surface area contributed by atoms with Crippen LogP contribution in [0.2, 0.25) is 0 Å². The molecule has 100 valence electrons. The smallest absolute Gasteiger partial charge is 0.270 e. The van der Waals surface area contributed by atoms with E-state index in [0.717, 1.165) is 29.7 Å². The topological polar surface area (TPSA) is 48.1 Å². The van der Waals surface area contributed by atoms with Crippen LogP contribution in [0.5, 0.6) is 0 Å². The van der Waals surface area contributed by atoms with Gasteiger partial charge >= 0.3 is 0 Å². The molecule has 2 rings (SSSR count). The minimum Gasteiger partial charge on any atom is -0.351 e. The van der Waals surface area contributed by atoms with Crippen LogP contribution in [0.1, 0.15) is 24.6 Å². The Morgan fingerprint density at radius 1 is 1.26 bits per heavy atom. The van der Waals surface area contributed by atoms with E-state index in [1.807, 2.05) is 6.92 Å². The lowest BCUT2D eigenvalue weighted by Crippen LogP contribution is -1.96. The molecule has 19 heavy (non-hydrogen) atoms. The molecule has 0 amide bonds. The third-order valence-electron chi connectivity index (χ3n) is 3.32. The van der Waals surface area contributed by atoms with Crippen molar-refractivity contribution in [1.29, 1.82) is 0 Å². The summed E-state index contributed by atoms with van der Waals surface area (Å²) in [5, 5.41) is 10.9. The van der Waals surface area contributed by atoms with Crippen LogP contribution in [-0.4, -0.2) is 9.49 Å². The van der Waals surface area contributed by atoms with Crippen molar-refractivity contribution in [2.75, 3.05) is 0 Å². The molecule has 0 N–H and O–H groups in total. The number of nitrogens with zero attached hydrogens (tertiary/aromatic N) is 2. The zero-order valence-corrected chi connectivity index (χ0v) is 11.5. The maximum atomic E-state index is 10.9. The lowest BCUT2D eigenvalue weighted by Gasteiger charge is -2.04. The Morgan fingerprint density at radius 3 is 2.63 bits per heavy atom. The molecule has 4 heteroatoms.